The molecule has 8 nitrogen and oxygen atoms in total. The first-order valence-corrected chi connectivity index (χ1v) is 8.81. The third-order valence-corrected chi connectivity index (χ3v) is 4.93. The van der Waals surface area contributed by atoms with Crippen molar-refractivity contribution >= 4 is 23.7 Å². The van der Waals surface area contributed by atoms with Crippen LogP contribution in [0.3, 0.4) is 0 Å². The summed E-state index contributed by atoms with van der Waals surface area (Å²) in [5.74, 6) is 0.754. The third kappa shape index (κ3) is 2.97. The normalized spacial score (nSPS) is 16.9. The number of nitrogens with zero attached hydrogens (tertiary/aromatic N) is 4. The van der Waals surface area contributed by atoms with Gasteiger partial charge in [0.15, 0.2) is 11.5 Å². The summed E-state index contributed by atoms with van der Waals surface area (Å²) in [6.07, 6.45) is 8.03. The zero-order valence-corrected chi connectivity index (χ0v) is 14.8. The van der Waals surface area contributed by atoms with Gasteiger partial charge in [-0.05, 0) is 18.9 Å². The maximum Gasteiger partial charge on any atom is 0.317 e. The van der Waals surface area contributed by atoms with Crippen LogP contribution in [0.1, 0.15) is 17.8 Å². The molecule has 1 saturated heterocycles. The van der Waals surface area contributed by atoms with Crippen LogP contribution in [-0.4, -0.2) is 59.2 Å². The molecule has 0 atom stereocenters. The molecule has 2 amide bonds. The van der Waals surface area contributed by atoms with Gasteiger partial charge in [-0.3, -0.25) is 0 Å². The molecule has 0 unspecified atom stereocenters. The van der Waals surface area contributed by atoms with E-state index < -0.39 is 0 Å². The van der Waals surface area contributed by atoms with E-state index in [2.05, 4.69) is 31.5 Å². The fourth-order valence-electron chi connectivity index (χ4n) is 3.26. The Balaban J connectivity index is 1.52. The van der Waals surface area contributed by atoms with Gasteiger partial charge in [0.1, 0.15) is 5.02 Å². The van der Waals surface area contributed by atoms with Crippen molar-refractivity contribution in [1.29, 1.82) is 0 Å². The van der Waals surface area contributed by atoms with Crippen molar-refractivity contribution in [3.8, 4) is 11.5 Å². The number of allylic oxidation sites excluding steroid dienone is 1. The zero-order valence-electron chi connectivity index (χ0n) is 14.0. The average Bonchev–Trinajstić information content (AvgIpc) is 3.24. The van der Waals surface area contributed by atoms with Crippen LogP contribution in [0.5, 0.6) is 0 Å². The number of aryl methyl sites for hydroxylation is 1. The second-order valence-corrected chi connectivity index (χ2v) is 6.60. The van der Waals surface area contributed by atoms with E-state index >= 15 is 0 Å². The first-order chi connectivity index (χ1) is 12.2. The molecule has 2 aliphatic rings. The molecular weight excluding hydrogens is 342 g/mol. The summed E-state index contributed by atoms with van der Waals surface area (Å²) in [5.41, 5.74) is 2.91. The minimum Gasteiger partial charge on any atom is -0.341 e. The monoisotopic (exact) mass is 362 g/mol. The number of hydrogen-bond acceptors (Lipinski definition) is 3. The number of aromatic nitrogens is 4. The molecule has 3 N–H and O–H groups in total. The van der Waals surface area contributed by atoms with Gasteiger partial charge in [0.05, 0.1) is 18.8 Å². The Morgan fingerprint density at radius 3 is 2.88 bits per heavy atom. The number of H-pyrrole nitrogens is 2. The Kier molecular flexibility index (Phi) is 4.12. The van der Waals surface area contributed by atoms with Gasteiger partial charge < -0.3 is 15.2 Å². The molecule has 1 aliphatic heterocycles. The van der Waals surface area contributed by atoms with Crippen LogP contribution >= 0.6 is 11.6 Å². The number of aromatic amines is 2. The highest BCUT2D eigenvalue weighted by Gasteiger charge is 2.28. The summed E-state index contributed by atoms with van der Waals surface area (Å²) in [5, 5.41) is 8.71. The van der Waals surface area contributed by atoms with Gasteiger partial charge in [0.25, 0.3) is 0 Å². The highest BCUT2D eigenvalue weighted by Crippen LogP contribution is 2.26. The van der Waals surface area contributed by atoms with Crippen LogP contribution in [-0.2, 0) is 6.42 Å². The van der Waals surface area contributed by atoms with E-state index in [0.717, 1.165) is 48.8 Å². The Hall–Kier alpha value is -2.48. The minimum absolute atomic E-state index is 0.0379. The lowest BCUT2D eigenvalue weighted by Crippen LogP contribution is -2.66. The van der Waals surface area contributed by atoms with Gasteiger partial charge in [-0.2, -0.15) is 5.01 Å². The van der Waals surface area contributed by atoms with Crippen molar-refractivity contribution in [3.05, 3.63) is 28.7 Å². The summed E-state index contributed by atoms with van der Waals surface area (Å²) >= 11 is 6.43. The van der Waals surface area contributed by atoms with Gasteiger partial charge in [-0.25, -0.2) is 9.78 Å². The maximum absolute atomic E-state index is 11.7. The lowest BCUT2D eigenvalue weighted by Gasteiger charge is -2.30. The summed E-state index contributed by atoms with van der Waals surface area (Å²) < 4.78 is 0. The molecule has 3 heterocycles. The van der Waals surface area contributed by atoms with Gasteiger partial charge in [0, 0.05) is 30.6 Å². The molecule has 2 aromatic rings. The highest BCUT2D eigenvalue weighted by atomic mass is 35.5. The topological polar surface area (TPSA) is 83.9 Å². The van der Waals surface area contributed by atoms with E-state index in [4.69, 9.17) is 11.6 Å². The van der Waals surface area contributed by atoms with Crippen molar-refractivity contribution in [3.63, 3.8) is 0 Å². The molecule has 2 aromatic heterocycles. The van der Waals surface area contributed by atoms with Crippen LogP contribution < -0.4 is 15.1 Å². The number of nitrogens with one attached hydrogen (secondary N) is 3. The van der Waals surface area contributed by atoms with E-state index in [-0.39, 0.29) is 6.03 Å². The lowest BCUT2D eigenvalue weighted by molar-refractivity contribution is -0.746. The van der Waals surface area contributed by atoms with Crippen molar-refractivity contribution in [2.24, 2.45) is 0 Å². The number of fused-ring (bicyclic) bond motifs is 1. The smallest absolute Gasteiger partial charge is 0.317 e. The number of hydrogen-bond donors (Lipinski definition) is 3. The Morgan fingerprint density at radius 2 is 2.16 bits per heavy atom. The van der Waals surface area contributed by atoms with E-state index in [0.29, 0.717) is 18.1 Å². The SMILES string of the molecule is CNC(=O)N1CCN([n+]2cc(Cl)c(-c3nc4c([nH]3)CCC=C4)[nH]2)CC1. The Labute approximate surface area is 150 Å². The summed E-state index contributed by atoms with van der Waals surface area (Å²) in [7, 11) is 1.65. The largest absolute Gasteiger partial charge is 0.341 e. The summed E-state index contributed by atoms with van der Waals surface area (Å²) in [4.78, 5) is 23.4. The quantitative estimate of drug-likeness (QED) is 0.694. The molecular formula is C16H21ClN7O+. The fourth-order valence-corrected chi connectivity index (χ4v) is 3.48. The van der Waals surface area contributed by atoms with Crippen LogP contribution in [0.4, 0.5) is 4.79 Å². The maximum atomic E-state index is 11.7. The summed E-state index contributed by atoms with van der Waals surface area (Å²) in [6, 6.07) is -0.0379. The predicted molar refractivity (Wildman–Crippen MR) is 94.9 cm³/mol. The molecule has 9 heteroatoms. The average molecular weight is 363 g/mol. The molecule has 132 valence electrons. The van der Waals surface area contributed by atoms with Gasteiger partial charge >= 0.3 is 6.03 Å². The molecule has 0 spiro atoms. The number of carbonyl (C=O) groups excluding carboxylic acids is 1. The number of imidazole rings is 1. The molecule has 25 heavy (non-hydrogen) atoms. The molecule has 0 radical (unpaired) electrons. The van der Waals surface area contributed by atoms with Crippen LogP contribution in [0.15, 0.2) is 12.3 Å². The third-order valence-electron chi connectivity index (χ3n) is 4.65. The zero-order chi connectivity index (χ0) is 17.4. The molecule has 4 rings (SSSR count). The van der Waals surface area contributed by atoms with E-state index in [1.54, 1.807) is 11.9 Å². The Morgan fingerprint density at radius 1 is 1.36 bits per heavy atom. The van der Waals surface area contributed by atoms with Crippen LogP contribution in [0.25, 0.3) is 17.6 Å². The standard InChI is InChI=1S/C16H20ClN7O/c1-18-16(25)22-6-8-23(9-7-22)24-10-11(17)14(21-24)15-19-12-4-2-3-5-13(12)20-15/h2,4,10H,3,5-9H2,1H3,(H2,18,19,20,21,25)/p+1. The molecule has 1 fully saturated rings. The van der Waals surface area contributed by atoms with E-state index in [1.807, 2.05) is 17.1 Å². The number of piperazine rings is 1. The second kappa shape index (κ2) is 6.44. The van der Waals surface area contributed by atoms with Gasteiger partial charge in [-0.1, -0.05) is 17.7 Å². The molecule has 1 aliphatic carbocycles. The van der Waals surface area contributed by atoms with Crippen LogP contribution in [0, 0.1) is 0 Å². The van der Waals surface area contributed by atoms with Crippen molar-refractivity contribution in [2.75, 3.05) is 38.2 Å². The van der Waals surface area contributed by atoms with Crippen LogP contribution in [0.2, 0.25) is 5.02 Å². The van der Waals surface area contributed by atoms with Crippen molar-refractivity contribution in [1.82, 2.24) is 25.3 Å². The number of rotatable bonds is 2. The second-order valence-electron chi connectivity index (χ2n) is 6.19. The molecule has 0 aromatic carbocycles. The van der Waals surface area contributed by atoms with Gasteiger partial charge in [-0.15, -0.1) is 5.10 Å². The number of carbonyl (C=O) groups is 1. The van der Waals surface area contributed by atoms with Crippen molar-refractivity contribution < 1.29 is 9.59 Å². The molecule has 0 saturated carbocycles. The fraction of sp³-hybridized carbons (Fsp3) is 0.438. The number of urea groups is 1. The number of halogens is 1. The minimum atomic E-state index is -0.0379. The summed E-state index contributed by atoms with van der Waals surface area (Å²) in [6.45, 7) is 2.79. The Bertz CT molecular complexity index is 817. The highest BCUT2D eigenvalue weighted by molar-refractivity contribution is 6.32. The van der Waals surface area contributed by atoms with E-state index in [1.165, 1.54) is 0 Å². The lowest BCUT2D eigenvalue weighted by atomic mass is 10.1. The van der Waals surface area contributed by atoms with Gasteiger partial charge in [0.2, 0.25) is 6.20 Å². The first kappa shape index (κ1) is 16.0. The van der Waals surface area contributed by atoms with E-state index in [9.17, 15) is 4.79 Å². The molecule has 0 bridgehead atoms. The predicted octanol–water partition coefficient (Wildman–Crippen LogP) is 0.898. The number of amides is 2. The van der Waals surface area contributed by atoms with Crippen molar-refractivity contribution in [2.45, 2.75) is 12.8 Å². The first-order valence-electron chi connectivity index (χ1n) is 8.43.